The first kappa shape index (κ1) is 15.3. The minimum Gasteiger partial charge on any atom is -0.497 e. The number of carbonyl (C=O) groups is 1. The summed E-state index contributed by atoms with van der Waals surface area (Å²) in [5, 5.41) is 11.5. The highest BCUT2D eigenvalue weighted by molar-refractivity contribution is 5.78. The van der Waals surface area contributed by atoms with Gasteiger partial charge in [0.05, 0.1) is 19.0 Å². The van der Waals surface area contributed by atoms with Crippen LogP contribution in [0.25, 0.3) is 16.9 Å². The summed E-state index contributed by atoms with van der Waals surface area (Å²) in [7, 11) is 1.62. The van der Waals surface area contributed by atoms with E-state index in [0.717, 1.165) is 11.4 Å². The Bertz CT molecular complexity index is 916. The zero-order valence-corrected chi connectivity index (χ0v) is 13.6. The molecule has 3 N–H and O–H groups in total. The first-order valence-corrected chi connectivity index (χ1v) is 7.93. The lowest BCUT2D eigenvalue weighted by atomic mass is 9.80. The van der Waals surface area contributed by atoms with E-state index in [0.29, 0.717) is 30.0 Å². The van der Waals surface area contributed by atoms with E-state index < -0.39 is 0 Å². The fraction of sp³-hybridized carbons (Fsp3) is 0.312. The molecule has 0 saturated heterocycles. The molecule has 1 aliphatic carbocycles. The molecule has 1 amide bonds. The number of aromatic nitrogens is 5. The Hall–Kier alpha value is -3.23. The molecule has 0 atom stereocenters. The van der Waals surface area contributed by atoms with Gasteiger partial charge in [0, 0.05) is 12.0 Å². The number of carbonyl (C=O) groups excluding carboxylic acids is 1. The van der Waals surface area contributed by atoms with Gasteiger partial charge in [-0.05, 0) is 37.1 Å². The highest BCUT2D eigenvalue weighted by Crippen LogP contribution is 2.29. The van der Waals surface area contributed by atoms with E-state index in [9.17, 15) is 4.79 Å². The highest BCUT2D eigenvalue weighted by Gasteiger charge is 2.33. The van der Waals surface area contributed by atoms with Crippen molar-refractivity contribution in [3.05, 3.63) is 30.5 Å². The largest absolute Gasteiger partial charge is 0.497 e. The van der Waals surface area contributed by atoms with Crippen molar-refractivity contribution >= 4 is 23.0 Å². The van der Waals surface area contributed by atoms with Gasteiger partial charge in [0.1, 0.15) is 5.75 Å². The lowest BCUT2D eigenvalue weighted by molar-refractivity contribution is -0.124. The quantitative estimate of drug-likeness (QED) is 0.708. The average molecular weight is 339 g/mol. The Balaban J connectivity index is 1.58. The second-order valence-electron chi connectivity index (χ2n) is 6.01. The van der Waals surface area contributed by atoms with Gasteiger partial charge >= 0.3 is 0 Å². The van der Waals surface area contributed by atoms with Crippen LogP contribution in [0.5, 0.6) is 5.75 Å². The van der Waals surface area contributed by atoms with Crippen molar-refractivity contribution in [2.45, 2.75) is 18.9 Å². The number of primary amides is 1. The van der Waals surface area contributed by atoms with Crippen molar-refractivity contribution in [1.82, 2.24) is 25.0 Å². The number of methoxy groups -OCH3 is 1. The molecule has 0 spiro atoms. The zero-order valence-electron chi connectivity index (χ0n) is 13.6. The van der Waals surface area contributed by atoms with Crippen LogP contribution >= 0.6 is 0 Å². The monoisotopic (exact) mass is 339 g/mol. The van der Waals surface area contributed by atoms with Gasteiger partial charge in [0.25, 0.3) is 0 Å². The predicted octanol–water partition coefficient (Wildman–Crippen LogP) is 0.895. The summed E-state index contributed by atoms with van der Waals surface area (Å²) in [4.78, 5) is 19.9. The maximum absolute atomic E-state index is 11.1. The maximum atomic E-state index is 11.1. The number of amides is 1. The van der Waals surface area contributed by atoms with E-state index in [1.54, 1.807) is 18.0 Å². The van der Waals surface area contributed by atoms with Crippen molar-refractivity contribution in [1.29, 1.82) is 0 Å². The first-order chi connectivity index (χ1) is 12.1. The van der Waals surface area contributed by atoms with E-state index in [-0.39, 0.29) is 17.9 Å². The van der Waals surface area contributed by atoms with Crippen LogP contribution in [0, 0.1) is 5.92 Å². The smallest absolute Gasteiger partial charge is 0.225 e. The molecule has 25 heavy (non-hydrogen) atoms. The molecule has 1 aliphatic rings. The van der Waals surface area contributed by atoms with Gasteiger partial charge in [-0.1, -0.05) is 5.21 Å². The van der Waals surface area contributed by atoms with E-state index in [4.69, 9.17) is 10.5 Å². The lowest BCUT2D eigenvalue weighted by Crippen LogP contribution is -2.42. The van der Waals surface area contributed by atoms with Gasteiger partial charge in [-0.15, -0.1) is 5.10 Å². The average Bonchev–Trinajstić information content (AvgIpc) is 3.00. The van der Waals surface area contributed by atoms with Crippen LogP contribution in [-0.2, 0) is 4.79 Å². The molecule has 3 aromatic rings. The SMILES string of the molecule is COc1ccc(-n2nnc3cnc(N[C@H]4C[C@H](C(N)=O)C4)nc32)cc1. The molecule has 0 aliphatic heterocycles. The van der Waals surface area contributed by atoms with Gasteiger partial charge in [-0.2, -0.15) is 9.67 Å². The standard InChI is InChI=1S/C16H17N7O2/c1-25-12-4-2-11(3-5-12)23-15-13(21-22-23)8-18-16(20-15)19-10-6-9(7-10)14(17)24/h2-5,8-10H,6-7H2,1H3,(H2,17,24)(H,18,19,20)/t9-,10-. The second kappa shape index (κ2) is 6.00. The van der Waals surface area contributed by atoms with Crippen LogP contribution in [-0.4, -0.2) is 44.0 Å². The molecule has 1 fully saturated rings. The summed E-state index contributed by atoms with van der Waals surface area (Å²) < 4.78 is 6.81. The van der Waals surface area contributed by atoms with Crippen LogP contribution in [0.1, 0.15) is 12.8 Å². The van der Waals surface area contributed by atoms with Crippen molar-refractivity contribution in [3.8, 4) is 11.4 Å². The van der Waals surface area contributed by atoms with Gasteiger partial charge in [0.15, 0.2) is 11.2 Å². The predicted molar refractivity (Wildman–Crippen MR) is 90.3 cm³/mol. The minimum atomic E-state index is -0.254. The molecule has 2 aromatic heterocycles. The molecule has 9 nitrogen and oxygen atoms in total. The summed E-state index contributed by atoms with van der Waals surface area (Å²) in [6.45, 7) is 0. The minimum absolute atomic E-state index is 0.0623. The molecule has 4 rings (SSSR count). The summed E-state index contributed by atoms with van der Waals surface area (Å²) in [5.74, 6) is 0.931. The van der Waals surface area contributed by atoms with E-state index in [1.807, 2.05) is 24.3 Å². The molecular weight excluding hydrogens is 322 g/mol. The van der Waals surface area contributed by atoms with Crippen molar-refractivity contribution in [2.24, 2.45) is 11.7 Å². The van der Waals surface area contributed by atoms with E-state index >= 15 is 0 Å². The Labute approximate surface area is 143 Å². The zero-order chi connectivity index (χ0) is 17.4. The summed E-state index contributed by atoms with van der Waals surface area (Å²) in [5.41, 5.74) is 7.32. The van der Waals surface area contributed by atoms with Gasteiger partial charge in [0.2, 0.25) is 11.9 Å². The van der Waals surface area contributed by atoms with Gasteiger partial charge < -0.3 is 15.8 Å². The number of nitrogens with two attached hydrogens (primary N) is 1. The molecule has 0 bridgehead atoms. The van der Waals surface area contributed by atoms with Gasteiger partial charge in [-0.3, -0.25) is 4.79 Å². The summed E-state index contributed by atoms with van der Waals surface area (Å²) in [6.07, 6.45) is 3.03. The van der Waals surface area contributed by atoms with Gasteiger partial charge in [-0.25, -0.2) is 4.98 Å². The van der Waals surface area contributed by atoms with Crippen LogP contribution in [0.3, 0.4) is 0 Å². The van der Waals surface area contributed by atoms with E-state index in [1.165, 1.54) is 0 Å². The maximum Gasteiger partial charge on any atom is 0.225 e. The molecule has 0 unspecified atom stereocenters. The molecule has 128 valence electrons. The highest BCUT2D eigenvalue weighted by atomic mass is 16.5. The molecule has 1 aromatic carbocycles. The number of hydrogen-bond acceptors (Lipinski definition) is 7. The lowest BCUT2D eigenvalue weighted by Gasteiger charge is -2.33. The molecule has 0 radical (unpaired) electrons. The van der Waals surface area contributed by atoms with E-state index in [2.05, 4.69) is 25.6 Å². The normalized spacial score (nSPS) is 19.4. The first-order valence-electron chi connectivity index (χ1n) is 7.93. The third-order valence-corrected chi connectivity index (χ3v) is 4.38. The molecule has 9 heteroatoms. The Kier molecular flexibility index (Phi) is 3.68. The van der Waals surface area contributed by atoms with Crippen LogP contribution < -0.4 is 15.8 Å². The topological polar surface area (TPSA) is 121 Å². The van der Waals surface area contributed by atoms with Crippen LogP contribution in [0.2, 0.25) is 0 Å². The molecular formula is C16H17N7O2. The number of rotatable bonds is 5. The fourth-order valence-electron chi connectivity index (χ4n) is 2.85. The number of anilines is 1. The summed E-state index contributed by atoms with van der Waals surface area (Å²) in [6, 6.07) is 7.61. The number of hydrogen-bond donors (Lipinski definition) is 2. The number of nitrogens with one attached hydrogen (secondary N) is 1. The van der Waals surface area contributed by atoms with Crippen LogP contribution in [0.15, 0.2) is 30.5 Å². The fourth-order valence-corrected chi connectivity index (χ4v) is 2.85. The molecule has 2 heterocycles. The third kappa shape index (κ3) is 2.84. The third-order valence-electron chi connectivity index (χ3n) is 4.38. The Morgan fingerprint density at radius 1 is 1.32 bits per heavy atom. The van der Waals surface area contributed by atoms with Crippen molar-refractivity contribution in [3.63, 3.8) is 0 Å². The number of nitrogens with zero attached hydrogens (tertiary/aromatic N) is 5. The Morgan fingerprint density at radius 2 is 2.08 bits per heavy atom. The van der Waals surface area contributed by atoms with Crippen LogP contribution in [0.4, 0.5) is 5.95 Å². The number of benzene rings is 1. The summed E-state index contributed by atoms with van der Waals surface area (Å²) >= 11 is 0. The molecule has 1 saturated carbocycles. The second-order valence-corrected chi connectivity index (χ2v) is 6.01. The van der Waals surface area contributed by atoms with Crippen molar-refractivity contribution in [2.75, 3.05) is 12.4 Å². The number of fused-ring (bicyclic) bond motifs is 1. The van der Waals surface area contributed by atoms with Crippen molar-refractivity contribution < 1.29 is 9.53 Å². The number of ether oxygens (including phenoxy) is 1. The Morgan fingerprint density at radius 3 is 2.76 bits per heavy atom.